The van der Waals surface area contributed by atoms with Crippen LogP contribution < -0.4 is 10.5 Å². The van der Waals surface area contributed by atoms with E-state index < -0.39 is 5.54 Å². The highest BCUT2D eigenvalue weighted by molar-refractivity contribution is 5.85. The van der Waals surface area contributed by atoms with Crippen molar-refractivity contribution in [2.75, 3.05) is 14.2 Å². The minimum Gasteiger partial charge on any atom is -0.496 e. The Bertz CT molecular complexity index is 442. The van der Waals surface area contributed by atoms with E-state index >= 15 is 0 Å². The summed E-state index contributed by atoms with van der Waals surface area (Å²) in [6.45, 7) is 5.96. The van der Waals surface area contributed by atoms with Crippen LogP contribution in [0.2, 0.25) is 0 Å². The van der Waals surface area contributed by atoms with Gasteiger partial charge >= 0.3 is 0 Å². The van der Waals surface area contributed by atoms with Crippen LogP contribution in [0.15, 0.2) is 18.2 Å². The number of likely N-dealkylation sites (N-methyl/N-ethyl adjacent to an activating group) is 1. The van der Waals surface area contributed by atoms with Gasteiger partial charge in [-0.1, -0.05) is 12.1 Å². The average Bonchev–Trinajstić information content (AvgIpc) is 2.27. The average molecular weight is 287 g/mol. The molecule has 0 aliphatic carbocycles. The van der Waals surface area contributed by atoms with Crippen molar-refractivity contribution >= 4 is 18.3 Å². The van der Waals surface area contributed by atoms with Gasteiger partial charge in [0, 0.05) is 13.6 Å². The van der Waals surface area contributed by atoms with E-state index in [0.29, 0.717) is 6.54 Å². The molecule has 19 heavy (non-hydrogen) atoms. The normalized spacial score (nSPS) is 10.6. The molecule has 0 atom stereocenters. The molecule has 1 rings (SSSR count). The molecule has 4 nitrogen and oxygen atoms in total. The number of benzene rings is 1. The smallest absolute Gasteiger partial charge is 0.242 e. The number of methoxy groups -OCH3 is 1. The van der Waals surface area contributed by atoms with E-state index in [1.54, 1.807) is 32.9 Å². The third-order valence-electron chi connectivity index (χ3n) is 2.78. The van der Waals surface area contributed by atoms with Gasteiger partial charge in [0.1, 0.15) is 5.75 Å². The SMILES string of the molecule is COc1ccc(CN(C)C(=O)C(C)(C)N)cc1C.Cl. The van der Waals surface area contributed by atoms with Crippen molar-refractivity contribution in [3.8, 4) is 5.75 Å². The fourth-order valence-corrected chi connectivity index (χ4v) is 1.88. The number of rotatable bonds is 4. The molecule has 2 N–H and O–H groups in total. The van der Waals surface area contributed by atoms with Gasteiger partial charge in [-0.25, -0.2) is 0 Å². The zero-order valence-electron chi connectivity index (χ0n) is 12.2. The van der Waals surface area contributed by atoms with Crippen molar-refractivity contribution in [3.63, 3.8) is 0 Å². The molecule has 0 fully saturated rings. The quantitative estimate of drug-likeness (QED) is 0.922. The second-order valence-electron chi connectivity index (χ2n) is 5.19. The maximum absolute atomic E-state index is 12.0. The lowest BCUT2D eigenvalue weighted by atomic mass is 10.0. The molecule has 0 saturated heterocycles. The first-order chi connectivity index (χ1) is 8.25. The number of ether oxygens (including phenoxy) is 1. The van der Waals surface area contributed by atoms with Crippen LogP contribution in [-0.4, -0.2) is 30.5 Å². The zero-order valence-corrected chi connectivity index (χ0v) is 13.0. The Morgan fingerprint density at radius 3 is 2.42 bits per heavy atom. The predicted octanol–water partition coefficient (Wildman–Crippen LogP) is 2.12. The maximum Gasteiger partial charge on any atom is 0.242 e. The summed E-state index contributed by atoms with van der Waals surface area (Å²) in [5.41, 5.74) is 7.08. The summed E-state index contributed by atoms with van der Waals surface area (Å²) in [6, 6.07) is 5.89. The number of nitrogens with two attached hydrogens (primary N) is 1. The Balaban J connectivity index is 0.00000324. The van der Waals surface area contributed by atoms with Crippen LogP contribution >= 0.6 is 12.4 Å². The number of nitrogens with zero attached hydrogens (tertiary/aromatic N) is 1. The van der Waals surface area contributed by atoms with Crippen molar-refractivity contribution in [2.24, 2.45) is 5.73 Å². The van der Waals surface area contributed by atoms with Gasteiger partial charge in [0.15, 0.2) is 0 Å². The maximum atomic E-state index is 12.0. The Hall–Kier alpha value is -1.26. The Morgan fingerprint density at radius 2 is 2.00 bits per heavy atom. The topological polar surface area (TPSA) is 55.6 Å². The molecule has 0 saturated carbocycles. The fraction of sp³-hybridized carbons (Fsp3) is 0.500. The van der Waals surface area contributed by atoms with E-state index in [1.165, 1.54) is 0 Å². The summed E-state index contributed by atoms with van der Waals surface area (Å²) >= 11 is 0. The van der Waals surface area contributed by atoms with Crippen molar-refractivity contribution in [1.82, 2.24) is 4.90 Å². The van der Waals surface area contributed by atoms with Gasteiger partial charge < -0.3 is 15.4 Å². The first-order valence-electron chi connectivity index (χ1n) is 5.93. The largest absolute Gasteiger partial charge is 0.496 e. The monoisotopic (exact) mass is 286 g/mol. The van der Waals surface area contributed by atoms with Crippen LogP contribution in [0.4, 0.5) is 0 Å². The van der Waals surface area contributed by atoms with Gasteiger partial charge in [-0.15, -0.1) is 12.4 Å². The van der Waals surface area contributed by atoms with Crippen LogP contribution in [0, 0.1) is 6.92 Å². The molecule has 0 aliphatic rings. The molecule has 0 aliphatic heterocycles. The molecule has 0 spiro atoms. The van der Waals surface area contributed by atoms with E-state index in [0.717, 1.165) is 16.9 Å². The third-order valence-corrected chi connectivity index (χ3v) is 2.78. The van der Waals surface area contributed by atoms with Gasteiger partial charge in [-0.2, -0.15) is 0 Å². The Morgan fingerprint density at radius 1 is 1.42 bits per heavy atom. The summed E-state index contributed by atoms with van der Waals surface area (Å²) in [5, 5.41) is 0. The first kappa shape index (κ1) is 17.7. The molecule has 0 heterocycles. The number of hydrogen-bond acceptors (Lipinski definition) is 3. The summed E-state index contributed by atoms with van der Waals surface area (Å²) in [5.74, 6) is 0.780. The third kappa shape index (κ3) is 4.73. The van der Waals surface area contributed by atoms with Crippen molar-refractivity contribution in [2.45, 2.75) is 32.9 Å². The standard InChI is InChI=1S/C14H22N2O2.ClH/c1-10-8-11(6-7-12(10)18-5)9-16(4)13(17)14(2,3)15;/h6-8H,9,15H2,1-5H3;1H. The van der Waals surface area contributed by atoms with Crippen LogP contribution in [0.3, 0.4) is 0 Å². The summed E-state index contributed by atoms with van der Waals surface area (Å²) in [6.07, 6.45) is 0. The highest BCUT2D eigenvalue weighted by Gasteiger charge is 2.25. The van der Waals surface area contributed by atoms with Gasteiger partial charge in [-0.3, -0.25) is 4.79 Å². The van der Waals surface area contributed by atoms with Crippen molar-refractivity contribution < 1.29 is 9.53 Å². The van der Waals surface area contributed by atoms with E-state index in [2.05, 4.69) is 0 Å². The van der Waals surface area contributed by atoms with Crippen molar-refractivity contribution in [3.05, 3.63) is 29.3 Å². The van der Waals surface area contributed by atoms with Crippen molar-refractivity contribution in [1.29, 1.82) is 0 Å². The second kappa shape index (κ2) is 6.78. The number of carbonyl (C=O) groups excluding carboxylic acids is 1. The number of aryl methyl sites for hydroxylation is 1. The summed E-state index contributed by atoms with van der Waals surface area (Å²) < 4.78 is 5.21. The van der Waals surface area contributed by atoms with Crippen LogP contribution in [-0.2, 0) is 11.3 Å². The van der Waals surface area contributed by atoms with E-state index in [-0.39, 0.29) is 18.3 Å². The lowest BCUT2D eigenvalue weighted by Crippen LogP contribution is -2.49. The lowest BCUT2D eigenvalue weighted by Gasteiger charge is -2.26. The fourth-order valence-electron chi connectivity index (χ4n) is 1.88. The molecule has 5 heteroatoms. The molecule has 1 aromatic carbocycles. The van der Waals surface area contributed by atoms with Crippen LogP contribution in [0.1, 0.15) is 25.0 Å². The van der Waals surface area contributed by atoms with Gasteiger partial charge in [0.05, 0.1) is 12.6 Å². The number of carbonyl (C=O) groups is 1. The first-order valence-corrected chi connectivity index (χ1v) is 5.93. The molecule has 108 valence electrons. The number of amides is 1. The molecule has 0 radical (unpaired) electrons. The summed E-state index contributed by atoms with van der Waals surface area (Å²) in [4.78, 5) is 13.6. The molecule has 0 unspecified atom stereocenters. The molecule has 0 bridgehead atoms. The molecule has 1 amide bonds. The molecular weight excluding hydrogens is 264 g/mol. The van der Waals surface area contributed by atoms with Gasteiger partial charge in [-0.05, 0) is 38.0 Å². The number of hydrogen-bond donors (Lipinski definition) is 1. The van der Waals surface area contributed by atoms with E-state index in [4.69, 9.17) is 10.5 Å². The molecule has 0 aromatic heterocycles. The highest BCUT2D eigenvalue weighted by Crippen LogP contribution is 2.19. The van der Waals surface area contributed by atoms with Crippen LogP contribution in [0.25, 0.3) is 0 Å². The van der Waals surface area contributed by atoms with Crippen LogP contribution in [0.5, 0.6) is 5.75 Å². The number of halogens is 1. The Labute approximate surface area is 121 Å². The minimum absolute atomic E-state index is 0. The molecule has 1 aromatic rings. The molecular formula is C14H23ClN2O2. The van der Waals surface area contributed by atoms with Gasteiger partial charge in [0.25, 0.3) is 0 Å². The Kier molecular flexibility index (Phi) is 6.33. The second-order valence-corrected chi connectivity index (χ2v) is 5.19. The van der Waals surface area contributed by atoms with E-state index in [1.807, 2.05) is 25.1 Å². The lowest BCUT2D eigenvalue weighted by molar-refractivity contribution is -0.134. The zero-order chi connectivity index (χ0) is 13.9. The predicted molar refractivity (Wildman–Crippen MR) is 79.7 cm³/mol. The summed E-state index contributed by atoms with van der Waals surface area (Å²) in [7, 11) is 3.41. The van der Waals surface area contributed by atoms with E-state index in [9.17, 15) is 4.79 Å². The van der Waals surface area contributed by atoms with Gasteiger partial charge in [0.2, 0.25) is 5.91 Å². The highest BCUT2D eigenvalue weighted by atomic mass is 35.5. The minimum atomic E-state index is -0.837.